The van der Waals surface area contributed by atoms with Crippen LogP contribution in [0.15, 0.2) is 49.2 Å². The highest BCUT2D eigenvalue weighted by atomic mass is 16.5. The maximum atomic E-state index is 5.43. The van der Waals surface area contributed by atoms with Crippen LogP contribution in [0, 0.1) is 0 Å². The van der Waals surface area contributed by atoms with Crippen molar-refractivity contribution in [1.82, 2.24) is 0 Å². The molecule has 84 valence electrons. The SMILES string of the molecule is C=C/C=C\C(=C)CCOCCCC(=C)N. The third kappa shape index (κ3) is 10.6. The number of allylic oxidation sites excluding steroid dienone is 4. The molecular weight excluding hydrogens is 186 g/mol. The average Bonchev–Trinajstić information content (AvgIpc) is 2.19. The first kappa shape index (κ1) is 13.7. The quantitative estimate of drug-likeness (QED) is 0.466. The van der Waals surface area contributed by atoms with Gasteiger partial charge in [0, 0.05) is 12.3 Å². The minimum Gasteiger partial charge on any atom is -0.403 e. The molecule has 0 atom stereocenters. The van der Waals surface area contributed by atoms with Crippen molar-refractivity contribution in [3.63, 3.8) is 0 Å². The zero-order valence-corrected chi connectivity index (χ0v) is 9.37. The summed E-state index contributed by atoms with van der Waals surface area (Å²) in [6.45, 7) is 12.5. The molecule has 0 aliphatic carbocycles. The monoisotopic (exact) mass is 207 g/mol. The summed E-state index contributed by atoms with van der Waals surface area (Å²) >= 11 is 0. The fourth-order valence-corrected chi connectivity index (χ4v) is 0.994. The van der Waals surface area contributed by atoms with E-state index < -0.39 is 0 Å². The van der Waals surface area contributed by atoms with Crippen molar-refractivity contribution < 1.29 is 4.74 Å². The molecule has 15 heavy (non-hydrogen) atoms. The highest BCUT2D eigenvalue weighted by molar-refractivity contribution is 5.17. The van der Waals surface area contributed by atoms with E-state index >= 15 is 0 Å². The van der Waals surface area contributed by atoms with Crippen molar-refractivity contribution in [3.05, 3.63) is 49.2 Å². The van der Waals surface area contributed by atoms with E-state index in [9.17, 15) is 0 Å². The van der Waals surface area contributed by atoms with Gasteiger partial charge in [-0.15, -0.1) is 0 Å². The lowest BCUT2D eigenvalue weighted by Gasteiger charge is -2.03. The number of nitrogens with two attached hydrogens (primary N) is 1. The molecule has 2 heteroatoms. The Bertz CT molecular complexity index is 241. The molecule has 0 aromatic carbocycles. The average molecular weight is 207 g/mol. The third-order valence-corrected chi connectivity index (χ3v) is 1.82. The van der Waals surface area contributed by atoms with Crippen molar-refractivity contribution in [2.24, 2.45) is 5.73 Å². The molecule has 0 spiro atoms. The van der Waals surface area contributed by atoms with Gasteiger partial charge in [0.15, 0.2) is 0 Å². The number of hydrogen-bond acceptors (Lipinski definition) is 2. The fourth-order valence-electron chi connectivity index (χ4n) is 0.994. The van der Waals surface area contributed by atoms with Gasteiger partial charge in [0.25, 0.3) is 0 Å². The predicted octanol–water partition coefficient (Wildman–Crippen LogP) is 2.94. The highest BCUT2D eigenvalue weighted by Gasteiger charge is 1.92. The smallest absolute Gasteiger partial charge is 0.0506 e. The van der Waals surface area contributed by atoms with Gasteiger partial charge < -0.3 is 10.5 Å². The summed E-state index contributed by atoms with van der Waals surface area (Å²) in [4.78, 5) is 0. The molecule has 0 amide bonds. The highest BCUT2D eigenvalue weighted by Crippen LogP contribution is 2.01. The molecule has 0 heterocycles. The van der Waals surface area contributed by atoms with E-state index in [-0.39, 0.29) is 0 Å². The van der Waals surface area contributed by atoms with Crippen LogP contribution in [0.1, 0.15) is 19.3 Å². The largest absolute Gasteiger partial charge is 0.403 e. The second-order valence-electron chi connectivity index (χ2n) is 3.38. The molecule has 0 saturated carbocycles. The van der Waals surface area contributed by atoms with E-state index in [0.717, 1.165) is 37.1 Å². The molecule has 0 radical (unpaired) electrons. The summed E-state index contributed by atoms with van der Waals surface area (Å²) in [5, 5.41) is 0. The first-order valence-electron chi connectivity index (χ1n) is 5.14. The van der Waals surface area contributed by atoms with Crippen LogP contribution in [-0.4, -0.2) is 13.2 Å². The van der Waals surface area contributed by atoms with Gasteiger partial charge in [-0.1, -0.05) is 43.5 Å². The minimum absolute atomic E-state index is 0.706. The first-order chi connectivity index (χ1) is 7.16. The Morgan fingerprint density at radius 3 is 2.53 bits per heavy atom. The Morgan fingerprint density at radius 2 is 1.93 bits per heavy atom. The van der Waals surface area contributed by atoms with Crippen LogP contribution in [0.5, 0.6) is 0 Å². The van der Waals surface area contributed by atoms with Crippen molar-refractivity contribution >= 4 is 0 Å². The molecule has 0 aromatic rings. The second kappa shape index (κ2) is 9.28. The summed E-state index contributed by atoms with van der Waals surface area (Å²) in [5.41, 5.74) is 7.20. The van der Waals surface area contributed by atoms with Gasteiger partial charge in [0.2, 0.25) is 0 Å². The van der Waals surface area contributed by atoms with Crippen LogP contribution in [-0.2, 0) is 4.74 Å². The Kier molecular flexibility index (Phi) is 8.49. The van der Waals surface area contributed by atoms with Crippen LogP contribution in [0.25, 0.3) is 0 Å². The lowest BCUT2D eigenvalue weighted by Crippen LogP contribution is -2.00. The molecule has 2 nitrogen and oxygen atoms in total. The normalized spacial score (nSPS) is 10.4. The van der Waals surface area contributed by atoms with Gasteiger partial charge >= 0.3 is 0 Å². The molecule has 0 unspecified atom stereocenters. The molecule has 0 rings (SSSR count). The maximum Gasteiger partial charge on any atom is 0.0506 e. The van der Waals surface area contributed by atoms with Crippen LogP contribution >= 0.6 is 0 Å². The molecule has 0 aliphatic rings. The number of hydrogen-bond donors (Lipinski definition) is 1. The Labute approximate surface area is 92.8 Å². The number of ether oxygens (including phenoxy) is 1. The van der Waals surface area contributed by atoms with E-state index in [0.29, 0.717) is 6.61 Å². The van der Waals surface area contributed by atoms with E-state index in [1.54, 1.807) is 6.08 Å². The zero-order chi connectivity index (χ0) is 11.5. The topological polar surface area (TPSA) is 35.2 Å². The van der Waals surface area contributed by atoms with E-state index in [1.807, 2.05) is 12.2 Å². The molecule has 0 saturated heterocycles. The standard InChI is InChI=1S/C13H21NO/c1-4-5-7-12(2)9-11-15-10-6-8-13(3)14/h4-5,7H,1-3,6,8-11,14H2/b7-5-. The number of rotatable bonds is 9. The Hall–Kier alpha value is -1.28. The zero-order valence-electron chi connectivity index (χ0n) is 9.37. The summed E-state index contributed by atoms with van der Waals surface area (Å²) in [5.74, 6) is 0. The van der Waals surface area contributed by atoms with E-state index in [1.165, 1.54) is 0 Å². The van der Waals surface area contributed by atoms with Crippen LogP contribution in [0.3, 0.4) is 0 Å². The van der Waals surface area contributed by atoms with Crippen LogP contribution in [0.2, 0.25) is 0 Å². The second-order valence-corrected chi connectivity index (χ2v) is 3.38. The van der Waals surface area contributed by atoms with Crippen molar-refractivity contribution in [3.8, 4) is 0 Å². The first-order valence-corrected chi connectivity index (χ1v) is 5.14. The summed E-state index contributed by atoms with van der Waals surface area (Å²) < 4.78 is 5.42. The van der Waals surface area contributed by atoms with Crippen LogP contribution < -0.4 is 5.73 Å². The van der Waals surface area contributed by atoms with Gasteiger partial charge in [-0.25, -0.2) is 0 Å². The molecule has 0 fully saturated rings. The van der Waals surface area contributed by atoms with Gasteiger partial charge in [0.1, 0.15) is 0 Å². The summed E-state index contributed by atoms with van der Waals surface area (Å²) in [6.07, 6.45) is 8.17. The molecule has 0 aliphatic heterocycles. The van der Waals surface area contributed by atoms with E-state index in [2.05, 4.69) is 19.7 Å². The van der Waals surface area contributed by atoms with Gasteiger partial charge in [0.05, 0.1) is 6.61 Å². The molecule has 0 bridgehead atoms. The third-order valence-electron chi connectivity index (χ3n) is 1.82. The minimum atomic E-state index is 0.706. The fraction of sp³-hybridized carbons (Fsp3) is 0.385. The van der Waals surface area contributed by atoms with Gasteiger partial charge in [-0.3, -0.25) is 0 Å². The molecule has 0 aromatic heterocycles. The van der Waals surface area contributed by atoms with Crippen molar-refractivity contribution in [2.75, 3.05) is 13.2 Å². The van der Waals surface area contributed by atoms with Gasteiger partial charge in [-0.05, 0) is 19.3 Å². The van der Waals surface area contributed by atoms with Crippen LogP contribution in [0.4, 0.5) is 0 Å². The lowest BCUT2D eigenvalue weighted by molar-refractivity contribution is 0.135. The summed E-state index contributed by atoms with van der Waals surface area (Å²) in [6, 6.07) is 0. The van der Waals surface area contributed by atoms with E-state index in [4.69, 9.17) is 10.5 Å². The Morgan fingerprint density at radius 1 is 1.20 bits per heavy atom. The van der Waals surface area contributed by atoms with Crippen molar-refractivity contribution in [1.29, 1.82) is 0 Å². The maximum absolute atomic E-state index is 5.43. The molecule has 2 N–H and O–H groups in total. The van der Waals surface area contributed by atoms with Gasteiger partial charge in [-0.2, -0.15) is 0 Å². The molecular formula is C13H21NO. The van der Waals surface area contributed by atoms with Crippen molar-refractivity contribution in [2.45, 2.75) is 19.3 Å². The Balaban J connectivity index is 3.31. The predicted molar refractivity (Wildman–Crippen MR) is 66.5 cm³/mol. The lowest BCUT2D eigenvalue weighted by atomic mass is 10.2. The summed E-state index contributed by atoms with van der Waals surface area (Å²) in [7, 11) is 0.